The van der Waals surface area contributed by atoms with Gasteiger partial charge in [0.05, 0.1) is 6.26 Å². The highest BCUT2D eigenvalue weighted by molar-refractivity contribution is 7.99. The molecule has 2 amide bonds. The number of benzene rings is 1. The van der Waals surface area contributed by atoms with E-state index in [0.717, 1.165) is 0 Å². The van der Waals surface area contributed by atoms with Crippen molar-refractivity contribution >= 4 is 35.2 Å². The largest absolute Gasteiger partial charge is 0.466 e. The fourth-order valence-electron chi connectivity index (χ4n) is 2.67. The number of furan rings is 1. The topological polar surface area (TPSA) is 88.8 Å². The van der Waals surface area contributed by atoms with Crippen molar-refractivity contribution in [2.45, 2.75) is 18.3 Å². The van der Waals surface area contributed by atoms with Gasteiger partial charge in [0.1, 0.15) is 17.2 Å². The monoisotopic (exact) mass is 374 g/mol. The number of nitrogens with one attached hydrogen (secondary N) is 1. The van der Waals surface area contributed by atoms with Gasteiger partial charge in [0.2, 0.25) is 5.91 Å². The Kier molecular flexibility index (Phi) is 5.62. The SMILES string of the molecule is CC(=O)N1[C@@H](C(=O)OCC(=O)Nc2ccccc2)CS[C@H]1c1ccco1. The molecule has 1 fully saturated rings. The summed E-state index contributed by atoms with van der Waals surface area (Å²) in [7, 11) is 0. The summed E-state index contributed by atoms with van der Waals surface area (Å²) in [4.78, 5) is 37.8. The summed E-state index contributed by atoms with van der Waals surface area (Å²) in [6, 6.07) is 11.6. The molecule has 1 aromatic heterocycles. The fourth-order valence-corrected chi connectivity index (χ4v) is 4.09. The van der Waals surface area contributed by atoms with E-state index in [1.807, 2.05) is 6.07 Å². The zero-order valence-corrected chi connectivity index (χ0v) is 14.9. The maximum Gasteiger partial charge on any atom is 0.330 e. The molecule has 0 bridgehead atoms. The van der Waals surface area contributed by atoms with Crippen molar-refractivity contribution in [3.8, 4) is 0 Å². The first-order valence-electron chi connectivity index (χ1n) is 8.01. The lowest BCUT2D eigenvalue weighted by molar-refractivity contribution is -0.155. The number of ether oxygens (including phenoxy) is 1. The number of rotatable bonds is 5. The molecule has 1 aliphatic rings. The number of hydrogen-bond donors (Lipinski definition) is 1. The molecule has 1 aromatic carbocycles. The van der Waals surface area contributed by atoms with Gasteiger partial charge in [0, 0.05) is 18.4 Å². The molecule has 2 atom stereocenters. The van der Waals surface area contributed by atoms with Crippen LogP contribution >= 0.6 is 11.8 Å². The van der Waals surface area contributed by atoms with Crippen LogP contribution in [-0.4, -0.2) is 41.1 Å². The summed E-state index contributed by atoms with van der Waals surface area (Å²) in [6.07, 6.45) is 1.52. The van der Waals surface area contributed by atoms with Gasteiger partial charge in [-0.3, -0.25) is 9.59 Å². The van der Waals surface area contributed by atoms with Crippen LogP contribution in [0.1, 0.15) is 18.1 Å². The first-order valence-corrected chi connectivity index (χ1v) is 9.06. The molecule has 0 radical (unpaired) electrons. The van der Waals surface area contributed by atoms with Crippen LogP contribution in [0, 0.1) is 0 Å². The van der Waals surface area contributed by atoms with Crippen LogP contribution < -0.4 is 5.32 Å². The van der Waals surface area contributed by atoms with Crippen molar-refractivity contribution in [3.05, 3.63) is 54.5 Å². The predicted octanol–water partition coefficient (Wildman–Crippen LogP) is 2.42. The van der Waals surface area contributed by atoms with Gasteiger partial charge in [-0.25, -0.2) is 4.79 Å². The molecule has 0 unspecified atom stereocenters. The van der Waals surface area contributed by atoms with Crippen molar-refractivity contribution < 1.29 is 23.5 Å². The Morgan fingerprint density at radius 2 is 2.00 bits per heavy atom. The Bertz CT molecular complexity index is 778. The van der Waals surface area contributed by atoms with E-state index in [1.165, 1.54) is 29.8 Å². The van der Waals surface area contributed by atoms with Crippen LogP contribution in [0.4, 0.5) is 5.69 Å². The number of carbonyl (C=O) groups excluding carboxylic acids is 3. The summed E-state index contributed by atoms with van der Waals surface area (Å²) in [5.41, 5.74) is 0.619. The van der Waals surface area contributed by atoms with Gasteiger partial charge in [0.25, 0.3) is 5.91 Å². The zero-order chi connectivity index (χ0) is 18.5. The van der Waals surface area contributed by atoms with E-state index in [2.05, 4.69) is 5.32 Å². The smallest absolute Gasteiger partial charge is 0.330 e. The van der Waals surface area contributed by atoms with Crippen LogP contribution in [0.25, 0.3) is 0 Å². The third kappa shape index (κ3) is 4.08. The third-order valence-corrected chi connectivity index (χ3v) is 5.11. The molecule has 2 aromatic rings. The molecule has 26 heavy (non-hydrogen) atoms. The van der Waals surface area contributed by atoms with Crippen LogP contribution in [0.3, 0.4) is 0 Å². The second kappa shape index (κ2) is 8.09. The van der Waals surface area contributed by atoms with Crippen molar-refractivity contribution in [1.29, 1.82) is 0 Å². The molecule has 3 rings (SSSR count). The minimum atomic E-state index is -0.753. The minimum absolute atomic E-state index is 0.257. The Morgan fingerprint density at radius 1 is 1.23 bits per heavy atom. The zero-order valence-electron chi connectivity index (χ0n) is 14.1. The van der Waals surface area contributed by atoms with Crippen LogP contribution in [0.5, 0.6) is 0 Å². The quantitative estimate of drug-likeness (QED) is 0.809. The summed E-state index contributed by atoms with van der Waals surface area (Å²) in [5.74, 6) is -0.323. The maximum atomic E-state index is 12.4. The van der Waals surface area contributed by atoms with Gasteiger partial charge in [-0.1, -0.05) is 18.2 Å². The average Bonchev–Trinajstić information content (AvgIpc) is 3.29. The standard InChI is InChI=1S/C18H18N2O5S/c1-12(21)20-14(11-26-17(20)15-8-5-9-24-15)18(23)25-10-16(22)19-13-6-3-2-4-7-13/h2-9,14,17H,10-11H2,1H3,(H,19,22)/t14-,17+/m1/s1. The van der Waals surface area contributed by atoms with E-state index >= 15 is 0 Å². The Balaban J connectivity index is 1.58. The molecule has 1 aliphatic heterocycles. The lowest BCUT2D eigenvalue weighted by Gasteiger charge is -2.25. The molecule has 8 heteroatoms. The highest BCUT2D eigenvalue weighted by Gasteiger charge is 2.43. The third-order valence-electron chi connectivity index (χ3n) is 3.83. The molecule has 7 nitrogen and oxygen atoms in total. The number of para-hydroxylation sites is 1. The predicted molar refractivity (Wildman–Crippen MR) is 96.2 cm³/mol. The van der Waals surface area contributed by atoms with Crippen molar-refractivity contribution in [3.63, 3.8) is 0 Å². The van der Waals surface area contributed by atoms with E-state index < -0.39 is 24.5 Å². The van der Waals surface area contributed by atoms with Gasteiger partial charge in [-0.2, -0.15) is 0 Å². The molecular formula is C18H18N2O5S. The molecule has 136 valence electrons. The second-order valence-electron chi connectivity index (χ2n) is 5.67. The van der Waals surface area contributed by atoms with Crippen LogP contribution in [0.15, 0.2) is 53.1 Å². The number of carbonyl (C=O) groups is 3. The summed E-state index contributed by atoms with van der Waals surface area (Å²) in [5, 5.41) is 2.26. The summed E-state index contributed by atoms with van der Waals surface area (Å²) in [6.45, 7) is 0.982. The first-order chi connectivity index (χ1) is 12.6. The number of anilines is 1. The number of nitrogens with zero attached hydrogens (tertiary/aromatic N) is 1. The van der Waals surface area contributed by atoms with E-state index in [1.54, 1.807) is 36.4 Å². The van der Waals surface area contributed by atoms with Gasteiger partial charge in [0.15, 0.2) is 6.61 Å². The number of thioether (sulfide) groups is 1. The highest BCUT2D eigenvalue weighted by Crippen LogP contribution is 2.41. The van der Waals surface area contributed by atoms with E-state index in [4.69, 9.17) is 9.15 Å². The number of amides is 2. The molecular weight excluding hydrogens is 356 g/mol. The van der Waals surface area contributed by atoms with Crippen LogP contribution in [0.2, 0.25) is 0 Å². The Labute approximate surface area is 154 Å². The van der Waals surface area contributed by atoms with Crippen molar-refractivity contribution in [2.24, 2.45) is 0 Å². The van der Waals surface area contributed by atoms with Crippen LogP contribution in [-0.2, 0) is 19.1 Å². The Morgan fingerprint density at radius 3 is 2.65 bits per heavy atom. The van der Waals surface area contributed by atoms with Gasteiger partial charge >= 0.3 is 5.97 Å². The minimum Gasteiger partial charge on any atom is -0.466 e. The first kappa shape index (κ1) is 18.1. The van der Waals surface area contributed by atoms with Crippen molar-refractivity contribution in [2.75, 3.05) is 17.7 Å². The second-order valence-corrected chi connectivity index (χ2v) is 6.78. The lowest BCUT2D eigenvalue weighted by Crippen LogP contribution is -2.43. The maximum absolute atomic E-state index is 12.4. The number of esters is 1. The Hall–Kier alpha value is -2.74. The van der Waals surface area contributed by atoms with E-state index in [-0.39, 0.29) is 11.3 Å². The molecule has 0 spiro atoms. The molecule has 0 aliphatic carbocycles. The number of hydrogen-bond acceptors (Lipinski definition) is 6. The van der Waals surface area contributed by atoms with E-state index in [0.29, 0.717) is 17.2 Å². The normalized spacial score (nSPS) is 19.2. The van der Waals surface area contributed by atoms with E-state index in [9.17, 15) is 14.4 Å². The van der Waals surface area contributed by atoms with Gasteiger partial charge in [-0.05, 0) is 24.3 Å². The summed E-state index contributed by atoms with van der Waals surface area (Å²) >= 11 is 1.42. The lowest BCUT2D eigenvalue weighted by atomic mass is 10.2. The van der Waals surface area contributed by atoms with Gasteiger partial charge in [-0.15, -0.1) is 11.8 Å². The molecule has 2 heterocycles. The summed E-state index contributed by atoms with van der Waals surface area (Å²) < 4.78 is 10.5. The fraction of sp³-hybridized carbons (Fsp3) is 0.278. The average molecular weight is 374 g/mol. The van der Waals surface area contributed by atoms with Crippen molar-refractivity contribution in [1.82, 2.24) is 4.90 Å². The molecule has 1 saturated heterocycles. The highest BCUT2D eigenvalue weighted by atomic mass is 32.2. The molecule has 1 N–H and O–H groups in total. The van der Waals surface area contributed by atoms with Gasteiger partial charge < -0.3 is 19.4 Å². The molecule has 0 saturated carbocycles.